The van der Waals surface area contributed by atoms with E-state index in [1.165, 1.54) is 6.20 Å². The first-order chi connectivity index (χ1) is 10.1. The first-order valence-corrected chi connectivity index (χ1v) is 8.07. The molecule has 0 aliphatic heterocycles. The number of carbonyl (C=O) groups excluding carboxylic acids is 1. The van der Waals surface area contributed by atoms with E-state index in [0.29, 0.717) is 10.8 Å². The van der Waals surface area contributed by atoms with Crippen molar-refractivity contribution < 1.29 is 4.79 Å². The third-order valence-corrected chi connectivity index (χ3v) is 3.48. The summed E-state index contributed by atoms with van der Waals surface area (Å²) >= 11 is 28.4. The Bertz CT molecular complexity index is 533. The zero-order chi connectivity index (χ0) is 16.9. The summed E-state index contributed by atoms with van der Waals surface area (Å²) < 4.78 is -1.79. The first-order valence-electron chi connectivity index (χ1n) is 6.15. The van der Waals surface area contributed by atoms with Crippen molar-refractivity contribution >= 4 is 75.5 Å². The summed E-state index contributed by atoms with van der Waals surface area (Å²) in [6.45, 7) is 3.44. The molecule has 0 unspecified atom stereocenters. The summed E-state index contributed by atoms with van der Waals surface area (Å²) in [6, 6.07) is 3.28. The van der Waals surface area contributed by atoms with Gasteiger partial charge in [-0.2, -0.15) is 0 Å². The van der Waals surface area contributed by atoms with E-state index in [-0.39, 0.29) is 16.9 Å². The van der Waals surface area contributed by atoms with Crippen molar-refractivity contribution in [2.75, 3.05) is 5.32 Å². The highest BCUT2D eigenvalue weighted by atomic mass is 35.6. The van der Waals surface area contributed by atoms with Crippen LogP contribution in [0.3, 0.4) is 0 Å². The summed E-state index contributed by atoms with van der Waals surface area (Å²) in [5.74, 6) is -0.0903. The van der Waals surface area contributed by atoms with Crippen LogP contribution in [-0.4, -0.2) is 26.0 Å². The highest BCUT2D eigenvalue weighted by molar-refractivity contribution is 7.80. The number of alkyl halides is 3. The fourth-order valence-electron chi connectivity index (χ4n) is 1.24. The number of halogens is 4. The molecule has 10 heteroatoms. The molecule has 0 bridgehead atoms. The van der Waals surface area contributed by atoms with E-state index >= 15 is 0 Å². The van der Waals surface area contributed by atoms with Crippen LogP contribution in [0, 0.1) is 5.92 Å². The molecule has 122 valence electrons. The third-order valence-electron chi connectivity index (χ3n) is 2.38. The Hall–Kier alpha value is -0.530. The van der Waals surface area contributed by atoms with Gasteiger partial charge >= 0.3 is 0 Å². The van der Waals surface area contributed by atoms with Gasteiger partial charge in [0.05, 0.1) is 5.02 Å². The maximum absolute atomic E-state index is 11.8. The fraction of sp³-hybridized carbons (Fsp3) is 0.417. The van der Waals surface area contributed by atoms with Gasteiger partial charge in [0.25, 0.3) is 0 Å². The van der Waals surface area contributed by atoms with E-state index in [4.69, 9.17) is 58.6 Å². The minimum absolute atomic E-state index is 0.134. The second kappa shape index (κ2) is 8.36. The largest absolute Gasteiger partial charge is 0.339 e. The van der Waals surface area contributed by atoms with Crippen molar-refractivity contribution in [2.45, 2.75) is 23.8 Å². The number of amides is 1. The van der Waals surface area contributed by atoms with Gasteiger partial charge in [-0.25, -0.2) is 4.98 Å². The maximum atomic E-state index is 11.8. The Labute approximate surface area is 154 Å². The summed E-state index contributed by atoms with van der Waals surface area (Å²) in [5.41, 5.74) is 0. The molecule has 3 N–H and O–H groups in total. The van der Waals surface area contributed by atoms with Crippen molar-refractivity contribution in [3.8, 4) is 0 Å². The Morgan fingerprint density at radius 2 is 1.91 bits per heavy atom. The minimum atomic E-state index is -1.79. The minimum Gasteiger partial charge on any atom is -0.339 e. The predicted molar refractivity (Wildman–Crippen MR) is 95.7 cm³/mol. The fourth-order valence-corrected chi connectivity index (χ4v) is 1.90. The van der Waals surface area contributed by atoms with Crippen LogP contribution in [0.4, 0.5) is 5.82 Å². The number of pyridine rings is 1. The second-order valence-corrected chi connectivity index (χ2v) is 7.81. The molecular formula is C12H14Cl4N4OS. The van der Waals surface area contributed by atoms with Crippen molar-refractivity contribution in [1.82, 2.24) is 15.6 Å². The molecule has 0 aliphatic carbocycles. The molecule has 5 nitrogen and oxygen atoms in total. The molecule has 0 saturated heterocycles. The van der Waals surface area contributed by atoms with Crippen molar-refractivity contribution in [3.63, 3.8) is 0 Å². The molecule has 0 fully saturated rings. The van der Waals surface area contributed by atoms with E-state index in [0.717, 1.165) is 0 Å². The number of nitrogens with zero attached hydrogens (tertiary/aromatic N) is 1. The molecule has 1 aromatic heterocycles. The van der Waals surface area contributed by atoms with Crippen LogP contribution in [0.2, 0.25) is 5.02 Å². The number of anilines is 1. The lowest BCUT2D eigenvalue weighted by Crippen LogP contribution is -2.56. The quantitative estimate of drug-likeness (QED) is 0.408. The molecular weight excluding hydrogens is 390 g/mol. The highest BCUT2D eigenvalue weighted by Gasteiger charge is 2.35. The van der Waals surface area contributed by atoms with Crippen LogP contribution >= 0.6 is 58.6 Å². The zero-order valence-electron chi connectivity index (χ0n) is 11.7. The number of hydrogen-bond donors (Lipinski definition) is 3. The lowest BCUT2D eigenvalue weighted by Gasteiger charge is -2.28. The highest BCUT2D eigenvalue weighted by Crippen LogP contribution is 2.29. The smallest absolute Gasteiger partial charge is 0.228 e. The molecule has 0 spiro atoms. The number of carbonyl (C=O) groups is 1. The summed E-state index contributed by atoms with van der Waals surface area (Å²) in [5, 5.41) is 8.72. The van der Waals surface area contributed by atoms with E-state index < -0.39 is 9.96 Å². The molecule has 0 saturated carbocycles. The van der Waals surface area contributed by atoms with Crippen LogP contribution in [0.1, 0.15) is 13.8 Å². The van der Waals surface area contributed by atoms with Crippen molar-refractivity contribution in [1.29, 1.82) is 0 Å². The number of aromatic nitrogens is 1. The molecule has 1 aromatic rings. The van der Waals surface area contributed by atoms with Crippen LogP contribution in [0.5, 0.6) is 0 Å². The van der Waals surface area contributed by atoms with Gasteiger partial charge in [0, 0.05) is 12.1 Å². The van der Waals surface area contributed by atoms with Crippen LogP contribution in [-0.2, 0) is 4.79 Å². The zero-order valence-corrected chi connectivity index (χ0v) is 15.5. The average Bonchev–Trinajstić information content (AvgIpc) is 2.39. The third kappa shape index (κ3) is 6.71. The molecule has 1 amide bonds. The van der Waals surface area contributed by atoms with Crippen LogP contribution in [0.25, 0.3) is 0 Å². The summed E-state index contributed by atoms with van der Waals surface area (Å²) in [4.78, 5) is 15.8. The van der Waals surface area contributed by atoms with E-state index in [1.807, 2.05) is 0 Å². The van der Waals surface area contributed by atoms with Crippen molar-refractivity contribution in [3.05, 3.63) is 23.4 Å². The van der Waals surface area contributed by atoms with Gasteiger partial charge in [0.1, 0.15) is 12.0 Å². The number of rotatable bonds is 4. The molecule has 0 aliphatic rings. The number of hydrogen-bond acceptors (Lipinski definition) is 3. The predicted octanol–water partition coefficient (Wildman–Crippen LogP) is 3.49. The maximum Gasteiger partial charge on any atom is 0.228 e. The standard InChI is InChI=1S/C12H14Cl4N4OS/c1-6(2)9(21)19-10(12(14,15)16)20-11(22)18-8-4-3-7(13)5-17-8/h3-6,10H,1-2H3,(H,19,21)(H2,17,18,20,22)/t10-/m0/s1. The molecule has 1 atom stereocenters. The van der Waals surface area contributed by atoms with Gasteiger partial charge in [-0.15, -0.1) is 0 Å². The second-order valence-electron chi connectivity index (χ2n) is 4.60. The lowest BCUT2D eigenvalue weighted by molar-refractivity contribution is -0.124. The Kier molecular flexibility index (Phi) is 7.41. The SMILES string of the molecule is CC(C)C(=O)N[C@@H](NC(=S)Nc1ccc(Cl)cn1)C(Cl)(Cl)Cl. The monoisotopic (exact) mass is 402 g/mol. The normalized spacial score (nSPS) is 12.7. The molecule has 1 heterocycles. The van der Waals surface area contributed by atoms with Gasteiger partial charge < -0.3 is 16.0 Å². The molecule has 0 aromatic carbocycles. The van der Waals surface area contributed by atoms with Gasteiger partial charge in [-0.1, -0.05) is 60.3 Å². The number of nitrogens with one attached hydrogen (secondary N) is 3. The van der Waals surface area contributed by atoms with Gasteiger partial charge in [0.2, 0.25) is 9.70 Å². The van der Waals surface area contributed by atoms with E-state index in [2.05, 4.69) is 20.9 Å². The first kappa shape index (κ1) is 19.5. The van der Waals surface area contributed by atoms with Gasteiger partial charge in [0.15, 0.2) is 5.11 Å². The topological polar surface area (TPSA) is 66.1 Å². The van der Waals surface area contributed by atoms with Gasteiger partial charge in [-0.3, -0.25) is 4.79 Å². The lowest BCUT2D eigenvalue weighted by atomic mass is 10.2. The van der Waals surface area contributed by atoms with Gasteiger partial charge in [-0.05, 0) is 24.4 Å². The molecule has 22 heavy (non-hydrogen) atoms. The Balaban J connectivity index is 2.70. The van der Waals surface area contributed by atoms with E-state index in [1.54, 1.807) is 26.0 Å². The van der Waals surface area contributed by atoms with Crippen molar-refractivity contribution in [2.24, 2.45) is 5.92 Å². The summed E-state index contributed by atoms with van der Waals surface area (Å²) in [7, 11) is 0. The molecule has 1 rings (SSSR count). The Morgan fingerprint density at radius 1 is 1.27 bits per heavy atom. The number of thiocarbonyl (C=S) groups is 1. The average molecular weight is 404 g/mol. The van der Waals surface area contributed by atoms with Crippen LogP contribution in [0.15, 0.2) is 18.3 Å². The molecule has 0 radical (unpaired) electrons. The van der Waals surface area contributed by atoms with Crippen LogP contribution < -0.4 is 16.0 Å². The summed E-state index contributed by atoms with van der Waals surface area (Å²) in [6.07, 6.45) is 0.458. The van der Waals surface area contributed by atoms with E-state index in [9.17, 15) is 4.79 Å². The Morgan fingerprint density at radius 3 is 2.36 bits per heavy atom.